The molecule has 0 atom stereocenters. The molecule has 1 aromatic carbocycles. The molecular weight excluding hydrogens is 256 g/mol. The summed E-state index contributed by atoms with van der Waals surface area (Å²) in [7, 11) is 0. The number of allylic oxidation sites excluding steroid dienone is 2. The van der Waals surface area contributed by atoms with Gasteiger partial charge in [0.05, 0.1) is 16.3 Å². The Balaban J connectivity index is 2.44. The van der Waals surface area contributed by atoms with Crippen LogP contribution in [0, 0.1) is 5.41 Å². The average Bonchev–Trinajstić information content (AvgIpc) is 2.83. The molecule has 0 saturated carbocycles. The first kappa shape index (κ1) is 13.5. The van der Waals surface area contributed by atoms with Gasteiger partial charge in [0.2, 0.25) is 0 Å². The van der Waals surface area contributed by atoms with Gasteiger partial charge in [-0.2, -0.15) is 0 Å². The number of nitrogens with two attached hydrogens (primary N) is 2. The summed E-state index contributed by atoms with van der Waals surface area (Å²) < 4.78 is 0. The highest BCUT2D eigenvalue weighted by Crippen LogP contribution is 2.28. The summed E-state index contributed by atoms with van der Waals surface area (Å²) >= 11 is 1.47. The molecule has 0 fully saturated rings. The van der Waals surface area contributed by atoms with Crippen LogP contribution in [0.5, 0.6) is 0 Å². The van der Waals surface area contributed by atoms with E-state index in [2.05, 4.69) is 4.98 Å². The number of benzene rings is 1. The van der Waals surface area contributed by atoms with E-state index in [1.807, 2.05) is 30.3 Å². The minimum Gasteiger partial charge on any atom is -0.402 e. The lowest BCUT2D eigenvalue weighted by molar-refractivity contribution is 1.01. The van der Waals surface area contributed by atoms with Crippen LogP contribution in [0.3, 0.4) is 0 Å². The molecule has 0 amide bonds. The fourth-order valence-corrected chi connectivity index (χ4v) is 2.72. The van der Waals surface area contributed by atoms with Crippen molar-refractivity contribution in [3.8, 4) is 10.6 Å². The van der Waals surface area contributed by atoms with E-state index in [1.165, 1.54) is 11.3 Å². The van der Waals surface area contributed by atoms with Gasteiger partial charge in [-0.1, -0.05) is 30.3 Å². The number of thiazole rings is 1. The van der Waals surface area contributed by atoms with E-state index < -0.39 is 0 Å². The van der Waals surface area contributed by atoms with Crippen LogP contribution in [-0.4, -0.2) is 10.7 Å². The zero-order valence-corrected chi connectivity index (χ0v) is 11.5. The fourth-order valence-electron chi connectivity index (χ4n) is 1.70. The molecule has 2 rings (SSSR count). The van der Waals surface area contributed by atoms with Gasteiger partial charge in [0.15, 0.2) is 0 Å². The van der Waals surface area contributed by atoms with Crippen LogP contribution in [0.1, 0.15) is 17.5 Å². The molecule has 0 aliphatic heterocycles. The highest BCUT2D eigenvalue weighted by molar-refractivity contribution is 7.17. The normalized spacial score (nSPS) is 11.6. The van der Waals surface area contributed by atoms with Gasteiger partial charge in [-0.15, -0.1) is 11.3 Å². The van der Waals surface area contributed by atoms with Crippen molar-refractivity contribution in [3.63, 3.8) is 0 Å². The van der Waals surface area contributed by atoms with Crippen LogP contribution < -0.4 is 11.5 Å². The minimum atomic E-state index is 0.318. The largest absolute Gasteiger partial charge is 0.402 e. The maximum atomic E-state index is 8.04. The van der Waals surface area contributed by atoms with Gasteiger partial charge in [0.25, 0.3) is 0 Å². The lowest BCUT2D eigenvalue weighted by Gasteiger charge is -1.97. The lowest BCUT2D eigenvalue weighted by atomic mass is 10.2. The Bertz CT molecular complexity index is 610. The standard InChI is InChI=1S/C14H16N4S/c1-9(16)7-11(17)13-12(8-15)18-14(19-13)10-5-3-2-4-6-10/h2-7,17H,8,15-16H2,1H3/b9-7-,17-11?. The highest BCUT2D eigenvalue weighted by Gasteiger charge is 2.14. The first-order chi connectivity index (χ1) is 9.11. The topological polar surface area (TPSA) is 88.8 Å². The molecule has 0 unspecified atom stereocenters. The second-order valence-corrected chi connectivity index (χ2v) is 5.17. The molecule has 0 radical (unpaired) electrons. The van der Waals surface area contributed by atoms with Crippen LogP contribution >= 0.6 is 11.3 Å². The molecule has 4 nitrogen and oxygen atoms in total. The predicted octanol–water partition coefficient (Wildman–Crippen LogP) is 2.50. The molecule has 0 spiro atoms. The van der Waals surface area contributed by atoms with Crippen molar-refractivity contribution in [3.05, 3.63) is 52.7 Å². The summed E-state index contributed by atoms with van der Waals surface area (Å²) in [5, 5.41) is 8.92. The number of rotatable bonds is 4. The summed E-state index contributed by atoms with van der Waals surface area (Å²) in [5.41, 5.74) is 14.1. The fraction of sp³-hybridized carbons (Fsp3) is 0.143. The SMILES string of the molecule is C/C(N)=C/C(=N)c1sc(-c2ccccc2)nc1CN. The molecule has 19 heavy (non-hydrogen) atoms. The van der Waals surface area contributed by atoms with Gasteiger partial charge >= 0.3 is 0 Å². The zero-order valence-electron chi connectivity index (χ0n) is 10.7. The van der Waals surface area contributed by atoms with E-state index in [1.54, 1.807) is 13.0 Å². The average molecular weight is 272 g/mol. The van der Waals surface area contributed by atoms with Gasteiger partial charge in [-0.3, -0.25) is 5.41 Å². The first-order valence-electron chi connectivity index (χ1n) is 5.89. The molecule has 1 aromatic heterocycles. The molecule has 0 saturated heterocycles. The minimum absolute atomic E-state index is 0.318. The lowest BCUT2D eigenvalue weighted by Crippen LogP contribution is -2.05. The van der Waals surface area contributed by atoms with E-state index in [0.29, 0.717) is 18.0 Å². The summed E-state index contributed by atoms with van der Waals surface area (Å²) in [6.45, 7) is 2.08. The Morgan fingerprint density at radius 2 is 2.05 bits per heavy atom. The van der Waals surface area contributed by atoms with Crippen LogP contribution in [0.4, 0.5) is 0 Å². The molecule has 5 heteroatoms. The molecule has 2 aromatic rings. The molecule has 0 aliphatic carbocycles. The van der Waals surface area contributed by atoms with Gasteiger partial charge in [0.1, 0.15) is 5.01 Å². The Morgan fingerprint density at radius 1 is 1.37 bits per heavy atom. The van der Waals surface area contributed by atoms with Crippen molar-refractivity contribution in [1.82, 2.24) is 4.98 Å². The van der Waals surface area contributed by atoms with Crippen molar-refractivity contribution >= 4 is 17.0 Å². The molecule has 5 N–H and O–H groups in total. The van der Waals surface area contributed by atoms with Crippen molar-refractivity contribution in [2.45, 2.75) is 13.5 Å². The third-order valence-electron chi connectivity index (χ3n) is 2.53. The number of hydrogen-bond acceptors (Lipinski definition) is 5. The third kappa shape index (κ3) is 3.07. The summed E-state index contributed by atoms with van der Waals surface area (Å²) in [5.74, 6) is 0. The predicted molar refractivity (Wildman–Crippen MR) is 80.2 cm³/mol. The Labute approximate surface area is 116 Å². The maximum absolute atomic E-state index is 8.04. The summed E-state index contributed by atoms with van der Waals surface area (Å²) in [6.07, 6.45) is 1.63. The van der Waals surface area contributed by atoms with Gasteiger partial charge < -0.3 is 11.5 Å². The van der Waals surface area contributed by atoms with E-state index in [0.717, 1.165) is 21.1 Å². The first-order valence-corrected chi connectivity index (χ1v) is 6.71. The maximum Gasteiger partial charge on any atom is 0.124 e. The quantitative estimate of drug-likeness (QED) is 0.747. The van der Waals surface area contributed by atoms with Crippen molar-refractivity contribution < 1.29 is 0 Å². The van der Waals surface area contributed by atoms with E-state index in [9.17, 15) is 0 Å². The van der Waals surface area contributed by atoms with Gasteiger partial charge in [-0.05, 0) is 13.0 Å². The van der Waals surface area contributed by atoms with E-state index in [4.69, 9.17) is 16.9 Å². The van der Waals surface area contributed by atoms with Crippen LogP contribution in [-0.2, 0) is 6.54 Å². The van der Waals surface area contributed by atoms with Crippen molar-refractivity contribution in [1.29, 1.82) is 5.41 Å². The van der Waals surface area contributed by atoms with Crippen LogP contribution in [0.15, 0.2) is 42.1 Å². The number of aromatic nitrogens is 1. The number of hydrogen-bond donors (Lipinski definition) is 3. The molecular formula is C14H16N4S. The van der Waals surface area contributed by atoms with Gasteiger partial charge in [-0.25, -0.2) is 4.98 Å². The van der Waals surface area contributed by atoms with E-state index >= 15 is 0 Å². The number of nitrogens with zero attached hydrogens (tertiary/aromatic N) is 1. The second kappa shape index (κ2) is 5.77. The molecule has 0 bridgehead atoms. The number of nitrogens with one attached hydrogen (secondary N) is 1. The Kier molecular flexibility index (Phi) is 4.09. The van der Waals surface area contributed by atoms with Crippen molar-refractivity contribution in [2.75, 3.05) is 0 Å². The zero-order chi connectivity index (χ0) is 13.8. The van der Waals surface area contributed by atoms with Crippen LogP contribution in [0.25, 0.3) is 10.6 Å². The monoisotopic (exact) mass is 272 g/mol. The molecule has 98 valence electrons. The molecule has 0 aliphatic rings. The van der Waals surface area contributed by atoms with Gasteiger partial charge in [0, 0.05) is 17.8 Å². The van der Waals surface area contributed by atoms with E-state index in [-0.39, 0.29) is 0 Å². The second-order valence-electron chi connectivity index (χ2n) is 4.17. The highest BCUT2D eigenvalue weighted by atomic mass is 32.1. The van der Waals surface area contributed by atoms with Crippen molar-refractivity contribution in [2.24, 2.45) is 11.5 Å². The Hall–Kier alpha value is -1.98. The summed E-state index contributed by atoms with van der Waals surface area (Å²) in [4.78, 5) is 5.29. The smallest absolute Gasteiger partial charge is 0.124 e. The molecule has 1 heterocycles. The third-order valence-corrected chi connectivity index (χ3v) is 3.71. The van der Waals surface area contributed by atoms with Crippen LogP contribution in [0.2, 0.25) is 0 Å². The summed E-state index contributed by atoms with van der Waals surface area (Å²) in [6, 6.07) is 9.89. The Morgan fingerprint density at radius 3 is 2.63 bits per heavy atom.